The number of nitrogens with zero attached hydrogens (tertiary/aromatic N) is 3. The van der Waals surface area contributed by atoms with Crippen molar-refractivity contribution < 1.29 is 9.53 Å². The average molecular weight is 560 g/mol. The van der Waals surface area contributed by atoms with Gasteiger partial charge in [0.05, 0.1) is 12.2 Å². The number of fused-ring (bicyclic) bond motifs is 1. The largest absolute Gasteiger partial charge is 0.494 e. The highest BCUT2D eigenvalue weighted by Crippen LogP contribution is 2.38. The summed E-state index contributed by atoms with van der Waals surface area (Å²) in [7, 11) is 0. The lowest BCUT2D eigenvalue weighted by molar-refractivity contribution is -0.113. The van der Waals surface area contributed by atoms with E-state index in [1.165, 1.54) is 11.8 Å². The maximum atomic E-state index is 13.7. The molecule has 4 aromatic rings. The molecule has 1 aliphatic heterocycles. The van der Waals surface area contributed by atoms with E-state index in [2.05, 4.69) is 17.6 Å². The van der Waals surface area contributed by atoms with Crippen LogP contribution < -0.4 is 15.4 Å². The lowest BCUT2D eigenvalue weighted by Crippen LogP contribution is -2.31. The van der Waals surface area contributed by atoms with Crippen LogP contribution in [0, 0.1) is 0 Å². The maximum Gasteiger partial charge on any atom is 0.255 e. The Morgan fingerprint density at radius 3 is 2.69 bits per heavy atom. The molecule has 2 N–H and O–H groups in total. The number of rotatable bonds is 10. The van der Waals surface area contributed by atoms with Gasteiger partial charge in [0.25, 0.3) is 5.91 Å². The molecule has 9 heteroatoms. The van der Waals surface area contributed by atoms with Crippen molar-refractivity contribution in [2.24, 2.45) is 0 Å². The van der Waals surface area contributed by atoms with E-state index in [1.54, 1.807) is 4.68 Å². The first-order valence-electron chi connectivity index (χ1n) is 12.9. The molecule has 5 rings (SSSR count). The second-order valence-corrected chi connectivity index (χ2v) is 10.6. The van der Waals surface area contributed by atoms with Gasteiger partial charge in [-0.15, -0.1) is 5.10 Å². The normalized spacial score (nSPS) is 14.5. The zero-order valence-electron chi connectivity index (χ0n) is 21.9. The van der Waals surface area contributed by atoms with Gasteiger partial charge in [-0.05, 0) is 54.8 Å². The van der Waals surface area contributed by atoms with Gasteiger partial charge in [0.15, 0.2) is 0 Å². The summed E-state index contributed by atoms with van der Waals surface area (Å²) in [5.74, 6) is 1.75. The summed E-state index contributed by atoms with van der Waals surface area (Å²) >= 11 is 7.86. The number of aromatic nitrogens is 3. The van der Waals surface area contributed by atoms with Crippen LogP contribution in [0.3, 0.4) is 0 Å². The first-order chi connectivity index (χ1) is 19.0. The number of amides is 1. The minimum atomic E-state index is -0.498. The van der Waals surface area contributed by atoms with Gasteiger partial charge in [0.1, 0.15) is 11.8 Å². The van der Waals surface area contributed by atoms with Crippen molar-refractivity contribution in [1.82, 2.24) is 14.8 Å². The van der Waals surface area contributed by atoms with Gasteiger partial charge >= 0.3 is 0 Å². The summed E-state index contributed by atoms with van der Waals surface area (Å²) < 4.78 is 7.78. The number of carbonyl (C=O) groups is 1. The molecular weight excluding hydrogens is 530 g/mol. The molecule has 0 fully saturated rings. The molecule has 2 heterocycles. The number of unbranched alkanes of at least 4 members (excludes halogenated alkanes) is 1. The molecule has 1 unspecified atom stereocenters. The fourth-order valence-electron chi connectivity index (χ4n) is 4.38. The predicted octanol–water partition coefficient (Wildman–Crippen LogP) is 7.33. The minimum absolute atomic E-state index is 0.208. The molecule has 0 aliphatic carbocycles. The number of hydrogen-bond donors (Lipinski definition) is 2. The number of thioether (sulfide) groups is 1. The number of anilines is 2. The van der Waals surface area contributed by atoms with Crippen LogP contribution >= 0.6 is 23.4 Å². The Hall–Kier alpha value is -3.75. The van der Waals surface area contributed by atoms with Crippen LogP contribution in [-0.4, -0.2) is 27.3 Å². The van der Waals surface area contributed by atoms with Crippen molar-refractivity contribution in [1.29, 1.82) is 0 Å². The van der Waals surface area contributed by atoms with Crippen LogP contribution in [0.5, 0.6) is 5.75 Å². The van der Waals surface area contributed by atoms with E-state index in [-0.39, 0.29) is 5.91 Å². The molecule has 0 radical (unpaired) electrons. The summed E-state index contributed by atoms with van der Waals surface area (Å²) in [6.07, 6.45) is 2.03. The zero-order valence-corrected chi connectivity index (χ0v) is 23.4. The molecule has 1 aliphatic rings. The molecule has 1 aromatic heterocycles. The lowest BCUT2D eigenvalue weighted by atomic mass is 9.95. The summed E-state index contributed by atoms with van der Waals surface area (Å²) in [4.78, 5) is 18.4. The van der Waals surface area contributed by atoms with Gasteiger partial charge in [-0.2, -0.15) is 4.98 Å². The van der Waals surface area contributed by atoms with Crippen LogP contribution in [0.2, 0.25) is 5.02 Å². The zero-order chi connectivity index (χ0) is 27.2. The van der Waals surface area contributed by atoms with E-state index in [1.807, 2.05) is 85.8 Å². The van der Waals surface area contributed by atoms with Gasteiger partial charge in [-0.1, -0.05) is 85.2 Å². The van der Waals surface area contributed by atoms with E-state index in [4.69, 9.17) is 26.4 Å². The predicted molar refractivity (Wildman–Crippen MR) is 157 cm³/mol. The Kier molecular flexibility index (Phi) is 8.54. The van der Waals surface area contributed by atoms with Crippen LogP contribution in [0.15, 0.2) is 95.3 Å². The smallest absolute Gasteiger partial charge is 0.255 e. The third-order valence-corrected chi connectivity index (χ3v) is 7.62. The fourth-order valence-corrected chi connectivity index (χ4v) is 5.50. The van der Waals surface area contributed by atoms with Crippen LogP contribution in [0.25, 0.3) is 0 Å². The standard InChI is InChI=1S/C30H30ClN5O2S/c1-3-4-17-38-24-15-10-12-21(18-24)27-26(28(37)33-23-13-6-5-7-14-23)20(2)32-29-34-30(35-36(27)29)39-19-22-11-8-9-16-25(22)31/h5-16,18,27H,3-4,17,19H2,1-2H3,(H,33,37)(H,32,34,35). The average Bonchev–Trinajstić information content (AvgIpc) is 3.35. The molecule has 1 atom stereocenters. The van der Waals surface area contributed by atoms with Crippen molar-refractivity contribution in [3.05, 3.63) is 106 Å². The molecular formula is C30H30ClN5O2S. The van der Waals surface area contributed by atoms with Crippen molar-refractivity contribution in [3.63, 3.8) is 0 Å². The second-order valence-electron chi connectivity index (χ2n) is 9.20. The van der Waals surface area contributed by atoms with E-state index < -0.39 is 6.04 Å². The second kappa shape index (κ2) is 12.4. The minimum Gasteiger partial charge on any atom is -0.494 e. The van der Waals surface area contributed by atoms with Gasteiger partial charge < -0.3 is 15.4 Å². The maximum absolute atomic E-state index is 13.7. The van der Waals surface area contributed by atoms with Gasteiger partial charge in [0.2, 0.25) is 11.1 Å². The molecule has 0 saturated heterocycles. The van der Waals surface area contributed by atoms with Crippen molar-refractivity contribution in [2.45, 2.75) is 43.6 Å². The van der Waals surface area contributed by atoms with Crippen LogP contribution in [-0.2, 0) is 10.5 Å². The topological polar surface area (TPSA) is 81.1 Å². The van der Waals surface area contributed by atoms with E-state index in [0.29, 0.717) is 39.8 Å². The van der Waals surface area contributed by atoms with E-state index in [9.17, 15) is 4.79 Å². The van der Waals surface area contributed by atoms with Gasteiger partial charge in [-0.3, -0.25) is 4.79 Å². The summed E-state index contributed by atoms with van der Waals surface area (Å²) in [5.41, 5.74) is 3.89. The highest BCUT2D eigenvalue weighted by atomic mass is 35.5. The quantitative estimate of drug-likeness (QED) is 0.156. The summed E-state index contributed by atoms with van der Waals surface area (Å²) in [6.45, 7) is 4.66. The third kappa shape index (κ3) is 6.29. The van der Waals surface area contributed by atoms with Crippen LogP contribution in [0.4, 0.5) is 11.6 Å². The summed E-state index contributed by atoms with van der Waals surface area (Å²) in [6, 6.07) is 24.5. The molecule has 1 amide bonds. The lowest BCUT2D eigenvalue weighted by Gasteiger charge is -2.29. The monoisotopic (exact) mass is 559 g/mol. The Morgan fingerprint density at radius 2 is 1.90 bits per heavy atom. The number of benzene rings is 3. The number of nitrogens with one attached hydrogen (secondary N) is 2. The number of ether oxygens (including phenoxy) is 1. The van der Waals surface area contributed by atoms with Crippen molar-refractivity contribution in [2.75, 3.05) is 17.2 Å². The Bertz CT molecular complexity index is 1490. The Morgan fingerprint density at radius 1 is 1.10 bits per heavy atom. The molecule has 0 spiro atoms. The van der Waals surface area contributed by atoms with E-state index >= 15 is 0 Å². The number of carbonyl (C=O) groups excluding carboxylic acids is 1. The Balaban J connectivity index is 1.49. The highest BCUT2D eigenvalue weighted by molar-refractivity contribution is 7.98. The number of allylic oxidation sites excluding steroid dienone is 1. The molecule has 7 nitrogen and oxygen atoms in total. The van der Waals surface area contributed by atoms with Crippen LogP contribution in [0.1, 0.15) is 43.9 Å². The van der Waals surface area contributed by atoms with E-state index in [0.717, 1.165) is 35.4 Å². The SMILES string of the molecule is CCCCOc1cccc(C2C(C(=O)Nc3ccccc3)=C(C)Nc3nc(SCc4ccccc4Cl)nn32)c1. The highest BCUT2D eigenvalue weighted by Gasteiger charge is 2.34. The molecule has 3 aromatic carbocycles. The molecule has 200 valence electrons. The number of hydrogen-bond acceptors (Lipinski definition) is 6. The fraction of sp³-hybridized carbons (Fsp3) is 0.233. The van der Waals surface area contributed by atoms with Crippen molar-refractivity contribution in [3.8, 4) is 5.75 Å². The van der Waals surface area contributed by atoms with Gasteiger partial charge in [-0.25, -0.2) is 4.68 Å². The molecule has 39 heavy (non-hydrogen) atoms. The molecule has 0 saturated carbocycles. The van der Waals surface area contributed by atoms with Gasteiger partial charge in [0, 0.05) is 22.2 Å². The number of halogens is 1. The van der Waals surface area contributed by atoms with Crippen molar-refractivity contribution >= 4 is 40.9 Å². The molecule has 0 bridgehead atoms. The first-order valence-corrected chi connectivity index (χ1v) is 14.3. The Labute approximate surface area is 237 Å². The first kappa shape index (κ1) is 26.8. The summed E-state index contributed by atoms with van der Waals surface area (Å²) in [5, 5.41) is 12.5. The number of para-hydroxylation sites is 1. The third-order valence-electron chi connectivity index (χ3n) is 6.36.